The Bertz CT molecular complexity index is 1350. The molecule has 8 nitrogen and oxygen atoms in total. The van der Waals surface area contributed by atoms with E-state index in [4.69, 9.17) is 9.15 Å². The number of hydrogen-bond acceptors (Lipinski definition) is 7. The number of nitrogens with zero attached hydrogens (tertiary/aromatic N) is 4. The van der Waals surface area contributed by atoms with Gasteiger partial charge in [0.25, 0.3) is 11.1 Å². The number of piperidine rings is 2. The van der Waals surface area contributed by atoms with Gasteiger partial charge >= 0.3 is 0 Å². The first-order valence-electron chi connectivity index (χ1n) is 12.1. The summed E-state index contributed by atoms with van der Waals surface area (Å²) in [5, 5.41) is 1.25. The van der Waals surface area contributed by atoms with Crippen LogP contribution in [0.5, 0.6) is 10.9 Å². The minimum atomic E-state index is -0.0569. The summed E-state index contributed by atoms with van der Waals surface area (Å²) >= 11 is 1.42. The van der Waals surface area contributed by atoms with Crippen molar-refractivity contribution < 1.29 is 18.7 Å². The van der Waals surface area contributed by atoms with E-state index in [2.05, 4.69) is 9.97 Å². The lowest BCUT2D eigenvalue weighted by Gasteiger charge is -2.35. The molecule has 2 aliphatic rings. The van der Waals surface area contributed by atoms with Crippen molar-refractivity contribution in [3.8, 4) is 10.9 Å². The third-order valence-corrected chi connectivity index (χ3v) is 7.81. The summed E-state index contributed by atoms with van der Waals surface area (Å²) in [4.78, 5) is 38.6. The maximum absolute atomic E-state index is 13.3. The summed E-state index contributed by atoms with van der Waals surface area (Å²) in [6, 6.07) is 9.26. The average molecular weight is 491 g/mol. The van der Waals surface area contributed by atoms with Gasteiger partial charge in [0.2, 0.25) is 5.91 Å². The fourth-order valence-corrected chi connectivity index (χ4v) is 5.80. The maximum Gasteiger partial charge on any atom is 0.281 e. The van der Waals surface area contributed by atoms with Crippen LogP contribution in [0.25, 0.3) is 21.3 Å². The number of likely N-dealkylation sites (tertiary alicyclic amines) is 2. The van der Waals surface area contributed by atoms with Crippen molar-refractivity contribution in [1.29, 1.82) is 0 Å². The Labute approximate surface area is 206 Å². The van der Waals surface area contributed by atoms with Crippen LogP contribution in [-0.2, 0) is 4.79 Å². The van der Waals surface area contributed by atoms with E-state index in [1.54, 1.807) is 12.3 Å². The SMILES string of the molecule is O=C(c1coc2cc(Oc3nc4ncccc4s3)ccc12)N1CCC(C(=O)N2CCCCC2)CC1. The molecule has 3 aromatic heterocycles. The fraction of sp³-hybridized carbons (Fsp3) is 0.385. The van der Waals surface area contributed by atoms with E-state index in [1.165, 1.54) is 24.0 Å². The van der Waals surface area contributed by atoms with E-state index < -0.39 is 0 Å². The molecule has 0 aliphatic carbocycles. The molecule has 9 heteroatoms. The molecule has 2 fully saturated rings. The minimum absolute atomic E-state index is 0.0238. The van der Waals surface area contributed by atoms with Crippen molar-refractivity contribution >= 4 is 44.5 Å². The van der Waals surface area contributed by atoms with Crippen LogP contribution >= 0.6 is 11.3 Å². The number of hydrogen-bond donors (Lipinski definition) is 0. The van der Waals surface area contributed by atoms with Crippen LogP contribution in [0.1, 0.15) is 42.5 Å². The van der Waals surface area contributed by atoms with Crippen LogP contribution in [0.3, 0.4) is 0 Å². The first-order valence-corrected chi connectivity index (χ1v) is 13.0. The van der Waals surface area contributed by atoms with Gasteiger partial charge in [-0.2, -0.15) is 4.98 Å². The van der Waals surface area contributed by atoms with Crippen molar-refractivity contribution in [3.63, 3.8) is 0 Å². The quantitative estimate of drug-likeness (QED) is 0.396. The summed E-state index contributed by atoms with van der Waals surface area (Å²) in [6.45, 7) is 2.92. The third-order valence-electron chi connectivity index (χ3n) is 6.93. The molecule has 180 valence electrons. The van der Waals surface area contributed by atoms with Gasteiger partial charge in [0.05, 0.1) is 10.3 Å². The molecule has 2 amide bonds. The maximum atomic E-state index is 13.3. The van der Waals surface area contributed by atoms with E-state index in [-0.39, 0.29) is 17.7 Å². The van der Waals surface area contributed by atoms with Crippen LogP contribution < -0.4 is 4.74 Å². The predicted molar refractivity (Wildman–Crippen MR) is 133 cm³/mol. The molecule has 6 rings (SSSR count). The standard InChI is InChI=1S/C26H26N4O4S/c31-24(29-11-2-1-3-12-29)17-8-13-30(14-9-17)25(32)20-16-33-21-15-18(6-7-19(20)21)34-26-28-23-22(35-26)5-4-10-27-23/h4-7,10,15-17H,1-3,8-9,11-14H2. The lowest BCUT2D eigenvalue weighted by molar-refractivity contribution is -0.137. The Morgan fingerprint density at radius 3 is 2.66 bits per heavy atom. The van der Waals surface area contributed by atoms with Gasteiger partial charge in [-0.1, -0.05) is 11.3 Å². The highest BCUT2D eigenvalue weighted by molar-refractivity contribution is 7.20. The van der Waals surface area contributed by atoms with Gasteiger partial charge in [0.15, 0.2) is 5.65 Å². The van der Waals surface area contributed by atoms with E-state index in [9.17, 15) is 9.59 Å². The number of furan rings is 1. The second-order valence-electron chi connectivity index (χ2n) is 9.17. The normalized spacial score (nSPS) is 17.3. The van der Waals surface area contributed by atoms with Gasteiger partial charge in [-0.15, -0.1) is 0 Å². The van der Waals surface area contributed by atoms with Crippen LogP contribution in [0.2, 0.25) is 0 Å². The summed E-state index contributed by atoms with van der Waals surface area (Å²) in [7, 11) is 0. The number of carbonyl (C=O) groups is 2. The zero-order valence-corrected chi connectivity index (χ0v) is 20.1. The highest BCUT2D eigenvalue weighted by Gasteiger charge is 2.31. The Morgan fingerprint density at radius 2 is 1.86 bits per heavy atom. The average Bonchev–Trinajstić information content (AvgIpc) is 3.52. The molecule has 5 heterocycles. The number of aromatic nitrogens is 2. The zero-order chi connectivity index (χ0) is 23.8. The number of benzene rings is 1. The van der Waals surface area contributed by atoms with Crippen LogP contribution in [0.15, 0.2) is 47.2 Å². The third kappa shape index (κ3) is 4.36. The first-order chi connectivity index (χ1) is 17.2. The first kappa shape index (κ1) is 22.0. The molecule has 0 N–H and O–H groups in total. The molecule has 0 unspecified atom stereocenters. The van der Waals surface area contributed by atoms with E-state index in [0.717, 1.165) is 36.0 Å². The number of pyridine rings is 1. The van der Waals surface area contributed by atoms with Gasteiger partial charge in [0.1, 0.15) is 17.6 Å². The number of thiazole rings is 1. The number of carbonyl (C=O) groups excluding carboxylic acids is 2. The van der Waals surface area contributed by atoms with Gasteiger partial charge in [-0.05, 0) is 56.4 Å². The predicted octanol–water partition coefficient (Wildman–Crippen LogP) is 5.09. The Morgan fingerprint density at radius 1 is 1.03 bits per heavy atom. The van der Waals surface area contributed by atoms with E-state index in [0.29, 0.717) is 53.7 Å². The Hall–Kier alpha value is -3.46. The summed E-state index contributed by atoms with van der Waals surface area (Å²) in [5.41, 5.74) is 1.78. The second-order valence-corrected chi connectivity index (χ2v) is 10.2. The smallest absolute Gasteiger partial charge is 0.281 e. The monoisotopic (exact) mass is 490 g/mol. The summed E-state index contributed by atoms with van der Waals surface area (Å²) in [6.07, 6.45) is 8.06. The van der Waals surface area contributed by atoms with Gasteiger partial charge < -0.3 is 19.0 Å². The fourth-order valence-electron chi connectivity index (χ4n) is 5.00. The van der Waals surface area contributed by atoms with Crippen molar-refractivity contribution in [2.24, 2.45) is 5.92 Å². The zero-order valence-electron chi connectivity index (χ0n) is 19.3. The molecular formula is C26H26N4O4S. The van der Waals surface area contributed by atoms with Crippen molar-refractivity contribution in [1.82, 2.24) is 19.8 Å². The summed E-state index contributed by atoms with van der Waals surface area (Å²) in [5.74, 6) is 0.818. The van der Waals surface area contributed by atoms with Crippen LogP contribution in [-0.4, -0.2) is 57.8 Å². The van der Waals surface area contributed by atoms with Crippen molar-refractivity contribution in [2.45, 2.75) is 32.1 Å². The molecule has 2 aliphatic heterocycles. The molecule has 1 aromatic carbocycles. The molecule has 0 spiro atoms. The second kappa shape index (κ2) is 9.30. The number of fused-ring (bicyclic) bond motifs is 2. The highest BCUT2D eigenvalue weighted by Crippen LogP contribution is 2.33. The molecule has 0 atom stereocenters. The van der Waals surface area contributed by atoms with Crippen molar-refractivity contribution in [2.75, 3.05) is 26.2 Å². The Balaban J connectivity index is 1.12. The molecule has 35 heavy (non-hydrogen) atoms. The van der Waals surface area contributed by atoms with Crippen LogP contribution in [0.4, 0.5) is 0 Å². The molecule has 2 saturated heterocycles. The van der Waals surface area contributed by atoms with E-state index >= 15 is 0 Å². The number of ether oxygens (including phenoxy) is 1. The molecule has 0 bridgehead atoms. The number of amides is 2. The molecular weight excluding hydrogens is 464 g/mol. The molecule has 0 radical (unpaired) electrons. The largest absolute Gasteiger partial charge is 0.463 e. The van der Waals surface area contributed by atoms with Gasteiger partial charge in [-0.3, -0.25) is 9.59 Å². The minimum Gasteiger partial charge on any atom is -0.463 e. The Kier molecular flexibility index (Phi) is 5.85. The topological polar surface area (TPSA) is 88.8 Å². The molecule has 0 saturated carbocycles. The van der Waals surface area contributed by atoms with E-state index in [1.807, 2.05) is 34.1 Å². The molecule has 4 aromatic rings. The highest BCUT2D eigenvalue weighted by atomic mass is 32.1. The lowest BCUT2D eigenvalue weighted by atomic mass is 9.94. The summed E-state index contributed by atoms with van der Waals surface area (Å²) < 4.78 is 12.6. The van der Waals surface area contributed by atoms with Gasteiger partial charge in [-0.25, -0.2) is 4.98 Å². The van der Waals surface area contributed by atoms with Crippen molar-refractivity contribution in [3.05, 3.63) is 48.4 Å². The lowest BCUT2D eigenvalue weighted by Crippen LogP contribution is -2.45. The van der Waals surface area contributed by atoms with Crippen LogP contribution in [0, 0.1) is 5.92 Å². The number of rotatable bonds is 4. The van der Waals surface area contributed by atoms with Gasteiger partial charge in [0, 0.05) is 49.7 Å².